The lowest BCUT2D eigenvalue weighted by atomic mass is 10.0. The van der Waals surface area contributed by atoms with E-state index in [1.807, 2.05) is 0 Å². The van der Waals surface area contributed by atoms with Crippen molar-refractivity contribution in [2.75, 3.05) is 6.61 Å². The smallest absolute Gasteiger partial charge is 0.305 e. The quantitative estimate of drug-likeness (QED) is 0.0346. The number of rotatable bonds is 57. The molecule has 0 aliphatic heterocycles. The Labute approximate surface area is 399 Å². The van der Waals surface area contributed by atoms with E-state index in [2.05, 4.69) is 26.0 Å². The molecule has 0 amide bonds. The minimum atomic E-state index is 0.0300. The van der Waals surface area contributed by atoms with Gasteiger partial charge in [-0.25, -0.2) is 0 Å². The summed E-state index contributed by atoms with van der Waals surface area (Å²) < 4.78 is 5.51. The normalized spacial score (nSPS) is 11.7. The first kappa shape index (κ1) is 62.2. The Hall–Kier alpha value is -0.790. The topological polar surface area (TPSA) is 26.3 Å². The Morgan fingerprint density at radius 2 is 0.444 bits per heavy atom. The maximum absolute atomic E-state index is 12.1. The van der Waals surface area contributed by atoms with E-state index in [0.29, 0.717) is 13.0 Å². The van der Waals surface area contributed by atoms with Crippen molar-refractivity contribution in [1.29, 1.82) is 0 Å². The number of hydrogen-bond donors (Lipinski definition) is 0. The number of carbonyl (C=O) groups excluding carboxylic acids is 1. The summed E-state index contributed by atoms with van der Waals surface area (Å²) in [7, 11) is 0. The molecule has 0 saturated heterocycles. The fourth-order valence-corrected chi connectivity index (χ4v) is 9.67. The third-order valence-corrected chi connectivity index (χ3v) is 14.2. The van der Waals surface area contributed by atoms with Gasteiger partial charge in [-0.1, -0.05) is 334 Å². The highest BCUT2D eigenvalue weighted by atomic mass is 16.5. The van der Waals surface area contributed by atoms with Crippen LogP contribution < -0.4 is 0 Å². The lowest BCUT2D eigenvalue weighted by Crippen LogP contribution is -2.05. The molecular weight excluding hydrogens is 765 g/mol. The number of esters is 1. The van der Waals surface area contributed by atoms with Crippen LogP contribution in [-0.2, 0) is 9.53 Å². The van der Waals surface area contributed by atoms with Crippen molar-refractivity contribution < 1.29 is 9.53 Å². The van der Waals surface area contributed by atoms with Crippen LogP contribution in [0.25, 0.3) is 0 Å². The molecule has 0 aromatic rings. The fraction of sp³-hybridized carbons (Fsp3) is 0.951. The monoisotopic (exact) mass is 885 g/mol. The van der Waals surface area contributed by atoms with Crippen LogP contribution in [0.4, 0.5) is 0 Å². The summed E-state index contributed by atoms with van der Waals surface area (Å²) >= 11 is 0. The second-order valence-corrected chi connectivity index (χ2v) is 20.7. The van der Waals surface area contributed by atoms with E-state index in [4.69, 9.17) is 4.74 Å². The van der Waals surface area contributed by atoms with Gasteiger partial charge in [-0.3, -0.25) is 4.79 Å². The van der Waals surface area contributed by atoms with Crippen molar-refractivity contribution in [2.45, 2.75) is 367 Å². The van der Waals surface area contributed by atoms with E-state index < -0.39 is 0 Å². The number of allylic oxidation sites excluding steroid dienone is 2. The Balaban J connectivity index is 3.15. The van der Waals surface area contributed by atoms with Crippen LogP contribution in [-0.4, -0.2) is 12.6 Å². The maximum Gasteiger partial charge on any atom is 0.305 e. The number of unbranched alkanes of at least 4 members (excludes halogenated alkanes) is 51. The summed E-state index contributed by atoms with van der Waals surface area (Å²) in [5, 5.41) is 0. The molecule has 0 radical (unpaired) electrons. The second-order valence-electron chi connectivity index (χ2n) is 20.7. The largest absolute Gasteiger partial charge is 0.466 e. The van der Waals surface area contributed by atoms with Crippen molar-refractivity contribution in [3.63, 3.8) is 0 Å². The average molecular weight is 886 g/mol. The molecular formula is C61H120O2. The van der Waals surface area contributed by atoms with Crippen molar-refractivity contribution in [1.82, 2.24) is 0 Å². The molecule has 63 heavy (non-hydrogen) atoms. The van der Waals surface area contributed by atoms with Gasteiger partial charge in [0.15, 0.2) is 0 Å². The van der Waals surface area contributed by atoms with Gasteiger partial charge in [0.1, 0.15) is 0 Å². The fourth-order valence-electron chi connectivity index (χ4n) is 9.67. The lowest BCUT2D eigenvalue weighted by molar-refractivity contribution is -0.143. The predicted octanol–water partition coefficient (Wildman–Crippen LogP) is 22.6. The van der Waals surface area contributed by atoms with E-state index in [1.165, 1.54) is 334 Å². The summed E-state index contributed by atoms with van der Waals surface area (Å²) in [6, 6.07) is 0. The minimum Gasteiger partial charge on any atom is -0.466 e. The second kappa shape index (κ2) is 59.2. The Morgan fingerprint density at radius 1 is 0.254 bits per heavy atom. The molecule has 0 aromatic carbocycles. The molecule has 0 atom stereocenters. The van der Waals surface area contributed by atoms with Gasteiger partial charge in [0, 0.05) is 6.42 Å². The molecule has 0 heterocycles. The molecule has 0 spiro atoms. The Morgan fingerprint density at radius 3 is 0.683 bits per heavy atom. The number of ether oxygens (including phenoxy) is 1. The lowest BCUT2D eigenvalue weighted by Gasteiger charge is -2.06. The highest BCUT2D eigenvalue weighted by Gasteiger charge is 2.03. The average Bonchev–Trinajstić information content (AvgIpc) is 3.29. The third kappa shape index (κ3) is 59.2. The minimum absolute atomic E-state index is 0.0300. The van der Waals surface area contributed by atoms with Crippen LogP contribution in [0.15, 0.2) is 12.2 Å². The molecule has 2 nitrogen and oxygen atoms in total. The Bertz CT molecular complexity index is 833. The van der Waals surface area contributed by atoms with E-state index in [1.54, 1.807) is 0 Å². The first-order chi connectivity index (χ1) is 31.3. The molecule has 376 valence electrons. The van der Waals surface area contributed by atoms with Gasteiger partial charge < -0.3 is 4.74 Å². The van der Waals surface area contributed by atoms with Crippen LogP contribution in [0.1, 0.15) is 367 Å². The van der Waals surface area contributed by atoms with Gasteiger partial charge in [0.25, 0.3) is 0 Å². The summed E-state index contributed by atoms with van der Waals surface area (Å²) in [6.07, 6.45) is 81.3. The Kier molecular flexibility index (Phi) is 58.5. The van der Waals surface area contributed by atoms with Gasteiger partial charge in [-0.2, -0.15) is 0 Å². The van der Waals surface area contributed by atoms with Crippen LogP contribution in [0.2, 0.25) is 0 Å². The molecule has 0 aromatic heterocycles. The van der Waals surface area contributed by atoms with Crippen LogP contribution >= 0.6 is 0 Å². The van der Waals surface area contributed by atoms with Crippen molar-refractivity contribution in [3.05, 3.63) is 12.2 Å². The van der Waals surface area contributed by atoms with Gasteiger partial charge >= 0.3 is 5.97 Å². The van der Waals surface area contributed by atoms with Crippen LogP contribution in [0, 0.1) is 0 Å². The first-order valence-corrected chi connectivity index (χ1v) is 30.1. The zero-order chi connectivity index (χ0) is 45.3. The van der Waals surface area contributed by atoms with E-state index in [9.17, 15) is 4.79 Å². The van der Waals surface area contributed by atoms with Crippen molar-refractivity contribution >= 4 is 5.97 Å². The van der Waals surface area contributed by atoms with Crippen molar-refractivity contribution in [3.8, 4) is 0 Å². The molecule has 0 rings (SSSR count). The van der Waals surface area contributed by atoms with Gasteiger partial charge in [-0.15, -0.1) is 0 Å². The summed E-state index contributed by atoms with van der Waals surface area (Å²) in [5.41, 5.74) is 0. The molecule has 0 saturated carbocycles. The molecule has 0 N–H and O–H groups in total. The zero-order valence-corrected chi connectivity index (χ0v) is 44.1. The van der Waals surface area contributed by atoms with Crippen molar-refractivity contribution in [2.24, 2.45) is 0 Å². The van der Waals surface area contributed by atoms with Crippen LogP contribution in [0.5, 0.6) is 0 Å². The molecule has 0 unspecified atom stereocenters. The molecule has 0 aliphatic carbocycles. The SMILES string of the molecule is CCCCCCCCC=CCCCCCCCCCCCC(=O)OCCCCCCCCCCCCCCCCCCCCCCCCCCCCCCCCCCCCCCC. The third-order valence-electron chi connectivity index (χ3n) is 14.2. The highest BCUT2D eigenvalue weighted by Crippen LogP contribution is 2.18. The van der Waals surface area contributed by atoms with E-state index in [-0.39, 0.29) is 5.97 Å². The van der Waals surface area contributed by atoms with E-state index in [0.717, 1.165) is 12.8 Å². The summed E-state index contributed by atoms with van der Waals surface area (Å²) in [5.74, 6) is 0.0300. The van der Waals surface area contributed by atoms with Gasteiger partial charge in [0.2, 0.25) is 0 Å². The molecule has 0 aliphatic rings. The summed E-state index contributed by atoms with van der Waals surface area (Å²) in [4.78, 5) is 12.1. The highest BCUT2D eigenvalue weighted by molar-refractivity contribution is 5.69. The number of carbonyl (C=O) groups is 1. The molecule has 0 fully saturated rings. The van der Waals surface area contributed by atoms with Gasteiger partial charge in [-0.05, 0) is 38.5 Å². The molecule has 0 bridgehead atoms. The standard InChI is InChI=1S/C61H120O2/c1-3-5-7-9-11-13-15-17-19-21-23-24-25-26-27-28-29-30-31-32-33-34-35-36-37-38-39-40-42-44-46-48-50-52-54-56-58-60-63-61(62)59-57-55-53-51-49-47-45-43-41-22-20-18-16-14-12-10-8-6-4-2/h18,20H,3-17,19,21-60H2,1-2H3. The first-order valence-electron chi connectivity index (χ1n) is 30.1. The van der Waals surface area contributed by atoms with Gasteiger partial charge in [0.05, 0.1) is 6.61 Å². The number of hydrogen-bond acceptors (Lipinski definition) is 2. The zero-order valence-electron chi connectivity index (χ0n) is 44.1. The van der Waals surface area contributed by atoms with Crippen LogP contribution in [0.3, 0.4) is 0 Å². The molecule has 2 heteroatoms. The van der Waals surface area contributed by atoms with E-state index >= 15 is 0 Å². The summed E-state index contributed by atoms with van der Waals surface area (Å²) in [6.45, 7) is 5.23. The maximum atomic E-state index is 12.1. The predicted molar refractivity (Wildman–Crippen MR) is 285 cm³/mol.